The normalized spacial score (nSPS) is 10.3. The second-order valence-electron chi connectivity index (χ2n) is 3.94. The van der Waals surface area contributed by atoms with E-state index in [1.165, 1.54) is 11.1 Å². The Labute approximate surface area is 87.8 Å². The smallest absolute Gasteiger partial charge is 0.0216 e. The molecule has 0 saturated carbocycles. The van der Waals surface area contributed by atoms with Crippen LogP contribution in [0.15, 0.2) is 24.3 Å². The van der Waals surface area contributed by atoms with Gasteiger partial charge in [0.2, 0.25) is 0 Å². The minimum atomic E-state index is 0. The largest absolute Gasteiger partial charge is 0.147 e. The van der Waals surface area contributed by atoms with Crippen molar-refractivity contribution in [2.45, 2.75) is 39.5 Å². The Balaban J connectivity index is 0.00000144. The summed E-state index contributed by atoms with van der Waals surface area (Å²) in [5, 5.41) is 0. The zero-order chi connectivity index (χ0) is 9.14. The fraction of sp³-hybridized carbons (Fsp3) is 0.500. The van der Waals surface area contributed by atoms with Gasteiger partial charge in [-0.25, -0.2) is 0 Å². The van der Waals surface area contributed by atoms with Crippen molar-refractivity contribution in [2.24, 2.45) is 0 Å². The van der Waals surface area contributed by atoms with Gasteiger partial charge in [0, 0.05) is 0 Å². The van der Waals surface area contributed by atoms with Crippen LogP contribution in [-0.4, -0.2) is 0 Å². The minimum Gasteiger partial charge on any atom is -0.147 e. The molecule has 0 radical (unpaired) electrons. The molecular formula is C12H19Cl. The summed E-state index contributed by atoms with van der Waals surface area (Å²) in [5.41, 5.74) is 2.99. The SMILES string of the molecule is CC(C)c1ccccc1C(C)C.Cl. The summed E-state index contributed by atoms with van der Waals surface area (Å²) < 4.78 is 0. The third-order valence-corrected chi connectivity index (χ3v) is 2.24. The monoisotopic (exact) mass is 198 g/mol. The summed E-state index contributed by atoms with van der Waals surface area (Å²) >= 11 is 0. The van der Waals surface area contributed by atoms with E-state index in [0.29, 0.717) is 11.8 Å². The Kier molecular flexibility index (Phi) is 5.09. The maximum Gasteiger partial charge on any atom is -0.0216 e. The molecule has 0 aliphatic rings. The van der Waals surface area contributed by atoms with Gasteiger partial charge in [-0.05, 0) is 23.0 Å². The molecule has 1 rings (SSSR count). The number of rotatable bonds is 2. The van der Waals surface area contributed by atoms with Crippen molar-refractivity contribution in [3.05, 3.63) is 35.4 Å². The fourth-order valence-corrected chi connectivity index (χ4v) is 1.56. The first-order chi connectivity index (χ1) is 5.63. The highest BCUT2D eigenvalue weighted by atomic mass is 35.5. The van der Waals surface area contributed by atoms with Crippen molar-refractivity contribution in [1.82, 2.24) is 0 Å². The van der Waals surface area contributed by atoms with Crippen LogP contribution in [0.5, 0.6) is 0 Å². The van der Waals surface area contributed by atoms with Gasteiger partial charge in [0.15, 0.2) is 0 Å². The molecule has 0 unspecified atom stereocenters. The van der Waals surface area contributed by atoms with E-state index < -0.39 is 0 Å². The minimum absolute atomic E-state index is 0. The van der Waals surface area contributed by atoms with Crippen molar-refractivity contribution in [3.8, 4) is 0 Å². The van der Waals surface area contributed by atoms with E-state index in [2.05, 4.69) is 52.0 Å². The molecule has 0 saturated heterocycles. The van der Waals surface area contributed by atoms with E-state index in [-0.39, 0.29) is 12.4 Å². The lowest BCUT2D eigenvalue weighted by molar-refractivity contribution is 0.790. The van der Waals surface area contributed by atoms with Gasteiger partial charge in [-0.3, -0.25) is 0 Å². The molecule has 0 fully saturated rings. The molecule has 0 heterocycles. The second-order valence-corrected chi connectivity index (χ2v) is 3.94. The summed E-state index contributed by atoms with van der Waals surface area (Å²) in [6.07, 6.45) is 0. The van der Waals surface area contributed by atoms with E-state index in [1.54, 1.807) is 0 Å². The summed E-state index contributed by atoms with van der Waals surface area (Å²) in [5.74, 6) is 1.28. The molecule has 0 atom stereocenters. The van der Waals surface area contributed by atoms with Crippen LogP contribution in [0.3, 0.4) is 0 Å². The van der Waals surface area contributed by atoms with Crippen LogP contribution in [0.1, 0.15) is 50.7 Å². The standard InChI is InChI=1S/C12H18.ClH/c1-9(2)11-7-5-6-8-12(11)10(3)4;/h5-10H,1-4H3;1H. The third kappa shape index (κ3) is 3.04. The molecule has 0 aliphatic heterocycles. The van der Waals surface area contributed by atoms with Crippen LogP contribution in [0.4, 0.5) is 0 Å². The van der Waals surface area contributed by atoms with Gasteiger partial charge in [-0.2, -0.15) is 0 Å². The average molecular weight is 199 g/mol. The second kappa shape index (κ2) is 5.29. The number of halogens is 1. The Morgan fingerprint density at radius 2 is 1.08 bits per heavy atom. The van der Waals surface area contributed by atoms with Gasteiger partial charge in [-0.1, -0.05) is 52.0 Å². The first kappa shape index (κ1) is 12.5. The maximum absolute atomic E-state index is 2.25. The lowest BCUT2D eigenvalue weighted by Crippen LogP contribution is -1.97. The van der Waals surface area contributed by atoms with Gasteiger partial charge in [0.05, 0.1) is 0 Å². The lowest BCUT2D eigenvalue weighted by atomic mass is 9.91. The van der Waals surface area contributed by atoms with Crippen LogP contribution in [0.25, 0.3) is 0 Å². The molecule has 1 aromatic carbocycles. The highest BCUT2D eigenvalue weighted by Crippen LogP contribution is 2.25. The molecule has 0 nitrogen and oxygen atoms in total. The van der Waals surface area contributed by atoms with E-state index in [0.717, 1.165) is 0 Å². The van der Waals surface area contributed by atoms with Gasteiger partial charge in [-0.15, -0.1) is 12.4 Å². The highest BCUT2D eigenvalue weighted by Gasteiger charge is 2.07. The van der Waals surface area contributed by atoms with E-state index >= 15 is 0 Å². The fourth-order valence-electron chi connectivity index (χ4n) is 1.56. The molecule has 0 spiro atoms. The quantitative estimate of drug-likeness (QED) is 0.663. The lowest BCUT2D eigenvalue weighted by Gasteiger charge is -2.14. The molecule has 13 heavy (non-hydrogen) atoms. The van der Waals surface area contributed by atoms with Crippen LogP contribution in [0, 0.1) is 0 Å². The molecular weight excluding hydrogens is 180 g/mol. The van der Waals surface area contributed by atoms with E-state index in [4.69, 9.17) is 0 Å². The number of hydrogen-bond donors (Lipinski definition) is 0. The van der Waals surface area contributed by atoms with Crippen LogP contribution in [0.2, 0.25) is 0 Å². The molecule has 0 amide bonds. The Bertz CT molecular complexity index is 224. The van der Waals surface area contributed by atoms with Gasteiger partial charge in [0.25, 0.3) is 0 Å². The number of benzene rings is 1. The predicted molar refractivity (Wildman–Crippen MR) is 61.9 cm³/mol. The van der Waals surface area contributed by atoms with Crippen molar-refractivity contribution < 1.29 is 0 Å². The zero-order valence-electron chi connectivity index (χ0n) is 8.87. The zero-order valence-corrected chi connectivity index (χ0v) is 9.69. The van der Waals surface area contributed by atoms with Gasteiger partial charge in [0.1, 0.15) is 0 Å². The van der Waals surface area contributed by atoms with Gasteiger partial charge >= 0.3 is 0 Å². The molecule has 1 heteroatoms. The molecule has 0 aromatic heterocycles. The topological polar surface area (TPSA) is 0 Å². The predicted octanol–water partition coefficient (Wildman–Crippen LogP) is 4.36. The summed E-state index contributed by atoms with van der Waals surface area (Å²) in [4.78, 5) is 0. The Morgan fingerprint density at radius 1 is 0.769 bits per heavy atom. The highest BCUT2D eigenvalue weighted by molar-refractivity contribution is 5.85. The number of hydrogen-bond acceptors (Lipinski definition) is 0. The van der Waals surface area contributed by atoms with Gasteiger partial charge < -0.3 is 0 Å². The summed E-state index contributed by atoms with van der Waals surface area (Å²) in [6, 6.07) is 8.72. The Morgan fingerprint density at radius 3 is 1.31 bits per heavy atom. The molecule has 0 bridgehead atoms. The Hall–Kier alpha value is -0.490. The van der Waals surface area contributed by atoms with Crippen LogP contribution in [-0.2, 0) is 0 Å². The molecule has 74 valence electrons. The molecule has 0 aliphatic carbocycles. The average Bonchev–Trinajstić information content (AvgIpc) is 2.04. The maximum atomic E-state index is 2.25. The van der Waals surface area contributed by atoms with Crippen molar-refractivity contribution >= 4 is 12.4 Å². The third-order valence-electron chi connectivity index (χ3n) is 2.24. The first-order valence-corrected chi connectivity index (χ1v) is 4.71. The van der Waals surface area contributed by atoms with E-state index in [1.807, 2.05) is 0 Å². The van der Waals surface area contributed by atoms with Crippen LogP contribution >= 0.6 is 12.4 Å². The first-order valence-electron chi connectivity index (χ1n) is 4.71. The molecule has 0 N–H and O–H groups in total. The van der Waals surface area contributed by atoms with Crippen LogP contribution < -0.4 is 0 Å². The summed E-state index contributed by atoms with van der Waals surface area (Å²) in [6.45, 7) is 9.00. The van der Waals surface area contributed by atoms with Crippen molar-refractivity contribution in [2.75, 3.05) is 0 Å². The summed E-state index contributed by atoms with van der Waals surface area (Å²) in [7, 11) is 0. The van der Waals surface area contributed by atoms with Crippen molar-refractivity contribution in [1.29, 1.82) is 0 Å². The van der Waals surface area contributed by atoms with E-state index in [9.17, 15) is 0 Å². The molecule has 1 aromatic rings. The van der Waals surface area contributed by atoms with Crippen molar-refractivity contribution in [3.63, 3.8) is 0 Å².